The summed E-state index contributed by atoms with van der Waals surface area (Å²) in [7, 11) is 0. The van der Waals surface area contributed by atoms with E-state index in [0.29, 0.717) is 5.89 Å². The van der Waals surface area contributed by atoms with Crippen LogP contribution in [0.2, 0.25) is 0 Å². The van der Waals surface area contributed by atoms with Crippen LogP contribution in [0.4, 0.5) is 17.1 Å². The first-order chi connectivity index (χ1) is 23.8. The molecule has 0 amide bonds. The summed E-state index contributed by atoms with van der Waals surface area (Å²) in [6.07, 6.45) is 0. The first kappa shape index (κ1) is 27.0. The lowest BCUT2D eigenvalue weighted by Gasteiger charge is -2.28. The Balaban J connectivity index is 1.32. The Morgan fingerprint density at radius 1 is 0.500 bits per heavy atom. The number of anilines is 3. The fraction of sp³-hybridized carbons (Fsp3) is 0. The minimum absolute atomic E-state index is 0.613. The van der Waals surface area contributed by atoms with Crippen molar-refractivity contribution in [2.24, 2.45) is 0 Å². The third kappa shape index (κ3) is 4.18. The second kappa shape index (κ2) is 10.7. The zero-order valence-electron chi connectivity index (χ0n) is 25.6. The number of hydrogen-bond acceptors (Lipinski definition) is 5. The zero-order valence-corrected chi connectivity index (χ0v) is 26.4. The molecule has 10 aromatic rings. The summed E-state index contributed by atoms with van der Waals surface area (Å²) in [6.45, 7) is 0. The van der Waals surface area contributed by atoms with Crippen molar-refractivity contribution in [3.8, 4) is 22.6 Å². The molecule has 3 heterocycles. The highest BCUT2D eigenvalue weighted by Gasteiger charge is 2.25. The van der Waals surface area contributed by atoms with Gasteiger partial charge < -0.3 is 13.7 Å². The fourth-order valence-electron chi connectivity index (χ4n) is 6.92. The van der Waals surface area contributed by atoms with Crippen LogP contribution in [0.5, 0.6) is 0 Å². The molecule has 0 N–H and O–H groups in total. The Morgan fingerprint density at radius 3 is 2.04 bits per heavy atom. The Labute approximate surface area is 279 Å². The highest BCUT2D eigenvalue weighted by molar-refractivity contribution is 7.26. The maximum absolute atomic E-state index is 6.63. The van der Waals surface area contributed by atoms with Crippen molar-refractivity contribution in [2.45, 2.75) is 0 Å². The number of furan rings is 1. The summed E-state index contributed by atoms with van der Waals surface area (Å²) in [4.78, 5) is 7.50. The van der Waals surface area contributed by atoms with Gasteiger partial charge in [-0.15, -0.1) is 11.3 Å². The largest absolute Gasteiger partial charge is 0.456 e. The molecular formula is C43H26N2O2S. The van der Waals surface area contributed by atoms with E-state index in [1.807, 2.05) is 42.5 Å². The van der Waals surface area contributed by atoms with Crippen molar-refractivity contribution in [1.29, 1.82) is 0 Å². The van der Waals surface area contributed by atoms with Crippen molar-refractivity contribution < 1.29 is 8.83 Å². The van der Waals surface area contributed by atoms with Gasteiger partial charge in [0.05, 0.1) is 16.1 Å². The molecule has 4 nitrogen and oxygen atoms in total. The maximum atomic E-state index is 6.63. The minimum Gasteiger partial charge on any atom is -0.456 e. The smallest absolute Gasteiger partial charge is 0.227 e. The molecule has 0 fully saturated rings. The molecule has 0 aliphatic carbocycles. The molecule has 0 bridgehead atoms. The molecule has 5 heteroatoms. The van der Waals surface area contributed by atoms with Crippen molar-refractivity contribution in [3.63, 3.8) is 0 Å². The monoisotopic (exact) mass is 634 g/mol. The summed E-state index contributed by atoms with van der Waals surface area (Å²) in [5, 5.41) is 4.44. The fourth-order valence-corrected chi connectivity index (χ4v) is 8.13. The van der Waals surface area contributed by atoms with E-state index in [9.17, 15) is 0 Å². The SMILES string of the molecule is c1ccc(-c2nc3c(cc(N(c4ccc5oc6ccccc6c5c4)c4ccccc4-c4ccccc4)c4sc5ccccc5c43)o2)cc1. The molecule has 0 atom stereocenters. The molecule has 226 valence electrons. The first-order valence-corrected chi connectivity index (χ1v) is 16.8. The molecule has 0 aliphatic rings. The van der Waals surface area contributed by atoms with Crippen LogP contribution in [0.25, 0.3) is 75.8 Å². The van der Waals surface area contributed by atoms with Gasteiger partial charge in [0.25, 0.3) is 0 Å². The van der Waals surface area contributed by atoms with E-state index in [0.717, 1.165) is 76.9 Å². The van der Waals surface area contributed by atoms with Crippen molar-refractivity contribution in [1.82, 2.24) is 4.98 Å². The lowest BCUT2D eigenvalue weighted by Crippen LogP contribution is -2.11. The maximum Gasteiger partial charge on any atom is 0.227 e. The van der Waals surface area contributed by atoms with Crippen LogP contribution in [0.1, 0.15) is 0 Å². The van der Waals surface area contributed by atoms with Crippen LogP contribution >= 0.6 is 11.3 Å². The van der Waals surface area contributed by atoms with E-state index in [1.54, 1.807) is 11.3 Å². The van der Waals surface area contributed by atoms with Crippen molar-refractivity contribution in [2.75, 3.05) is 4.90 Å². The standard InChI is InChI=1S/C43H26N2O2S/c1-3-13-27(14-4-1)30-17-7-10-20-34(30)45(29-23-24-37-33(25-29)31-18-8-11-21-36(31)46-37)35-26-38-41(44-43(47-38)28-15-5-2-6-16-28)40-32-19-9-12-22-39(32)48-42(35)40/h1-26H. The van der Waals surface area contributed by atoms with Crippen LogP contribution in [0.3, 0.4) is 0 Å². The predicted molar refractivity (Wildman–Crippen MR) is 200 cm³/mol. The van der Waals surface area contributed by atoms with Crippen molar-refractivity contribution in [3.05, 3.63) is 158 Å². The highest BCUT2D eigenvalue weighted by atomic mass is 32.1. The lowest BCUT2D eigenvalue weighted by molar-refractivity contribution is 0.620. The zero-order chi connectivity index (χ0) is 31.6. The Kier molecular flexibility index (Phi) is 6.01. The van der Waals surface area contributed by atoms with E-state index in [4.69, 9.17) is 13.8 Å². The van der Waals surface area contributed by atoms with Gasteiger partial charge in [0.2, 0.25) is 5.89 Å². The third-order valence-corrected chi connectivity index (χ3v) is 10.3. The van der Waals surface area contributed by atoms with Gasteiger partial charge in [-0.05, 0) is 54.1 Å². The topological polar surface area (TPSA) is 42.4 Å². The van der Waals surface area contributed by atoms with E-state index in [2.05, 4.69) is 120 Å². The quantitative estimate of drug-likeness (QED) is 0.189. The summed E-state index contributed by atoms with van der Waals surface area (Å²) >= 11 is 1.79. The number of oxazole rings is 1. The molecule has 0 spiro atoms. The van der Waals surface area contributed by atoms with Crippen molar-refractivity contribution >= 4 is 81.6 Å². The van der Waals surface area contributed by atoms with E-state index in [-0.39, 0.29) is 0 Å². The Morgan fingerprint density at radius 2 is 1.19 bits per heavy atom. The summed E-state index contributed by atoms with van der Waals surface area (Å²) in [5.41, 5.74) is 9.71. The Bertz CT molecular complexity index is 2790. The van der Waals surface area contributed by atoms with Gasteiger partial charge in [-0.2, -0.15) is 0 Å². The van der Waals surface area contributed by atoms with Gasteiger partial charge in [0.15, 0.2) is 5.58 Å². The molecule has 0 unspecified atom stereocenters. The molecule has 0 saturated heterocycles. The van der Waals surface area contributed by atoms with Crippen LogP contribution in [-0.4, -0.2) is 4.98 Å². The van der Waals surface area contributed by atoms with Gasteiger partial charge >= 0.3 is 0 Å². The van der Waals surface area contributed by atoms with Gasteiger partial charge in [-0.25, -0.2) is 4.98 Å². The number of fused-ring (bicyclic) bond motifs is 8. The first-order valence-electron chi connectivity index (χ1n) is 16.0. The number of benzene rings is 7. The van der Waals surface area contributed by atoms with E-state index in [1.165, 1.54) is 10.1 Å². The highest BCUT2D eigenvalue weighted by Crippen LogP contribution is 2.50. The number of rotatable bonds is 5. The van der Waals surface area contributed by atoms with Crippen LogP contribution in [0.15, 0.2) is 167 Å². The molecule has 10 rings (SSSR count). The summed E-state index contributed by atoms with van der Waals surface area (Å²) in [6, 6.07) is 54.9. The number of nitrogens with zero attached hydrogens (tertiary/aromatic N) is 2. The average Bonchev–Trinajstić information content (AvgIpc) is 3.86. The summed E-state index contributed by atoms with van der Waals surface area (Å²) in [5.74, 6) is 0.613. The number of hydrogen-bond donors (Lipinski definition) is 0. The van der Waals surface area contributed by atoms with Crippen LogP contribution in [-0.2, 0) is 0 Å². The number of thiophene rings is 1. The van der Waals surface area contributed by atoms with Crippen LogP contribution in [0, 0.1) is 0 Å². The molecule has 0 saturated carbocycles. The molecule has 0 radical (unpaired) electrons. The third-order valence-electron chi connectivity index (χ3n) is 9.10. The van der Waals surface area contributed by atoms with Gasteiger partial charge in [0.1, 0.15) is 16.7 Å². The minimum atomic E-state index is 0.613. The number of aromatic nitrogens is 1. The molecule has 48 heavy (non-hydrogen) atoms. The predicted octanol–water partition coefficient (Wildman–Crippen LogP) is 12.9. The summed E-state index contributed by atoms with van der Waals surface area (Å²) < 4.78 is 15.2. The second-order valence-electron chi connectivity index (χ2n) is 11.9. The van der Waals surface area contributed by atoms with E-state index < -0.39 is 0 Å². The van der Waals surface area contributed by atoms with Gasteiger partial charge in [-0.1, -0.05) is 103 Å². The average molecular weight is 635 g/mol. The van der Waals surface area contributed by atoms with Gasteiger partial charge in [-0.3, -0.25) is 0 Å². The lowest BCUT2D eigenvalue weighted by atomic mass is 10.0. The molecule has 3 aromatic heterocycles. The molecule has 7 aromatic carbocycles. The molecular weight excluding hydrogens is 609 g/mol. The number of para-hydroxylation sites is 2. The van der Waals surface area contributed by atoms with Crippen LogP contribution < -0.4 is 4.90 Å². The molecule has 0 aliphatic heterocycles. The van der Waals surface area contributed by atoms with Gasteiger partial charge in [0, 0.05) is 49.1 Å². The Hall–Kier alpha value is -6.17. The normalized spacial score (nSPS) is 11.8. The second-order valence-corrected chi connectivity index (χ2v) is 13.0. The van der Waals surface area contributed by atoms with E-state index >= 15 is 0 Å².